The third-order valence-electron chi connectivity index (χ3n) is 4.44. The SMILES string of the molecule is C#CCCC1(CCC(=O)N2CCC(c3n[nH]c(=O)o3)CC2)N=N1. The minimum atomic E-state index is -0.535. The summed E-state index contributed by atoms with van der Waals surface area (Å²) in [4.78, 5) is 25.1. The van der Waals surface area contributed by atoms with Gasteiger partial charge in [0.2, 0.25) is 11.8 Å². The van der Waals surface area contributed by atoms with E-state index in [0.717, 1.165) is 19.3 Å². The second kappa shape index (κ2) is 6.36. The fourth-order valence-electron chi connectivity index (χ4n) is 2.93. The van der Waals surface area contributed by atoms with E-state index in [0.29, 0.717) is 38.2 Å². The first kappa shape index (κ1) is 15.5. The van der Waals surface area contributed by atoms with Crippen molar-refractivity contribution in [1.82, 2.24) is 15.1 Å². The van der Waals surface area contributed by atoms with Crippen LogP contribution < -0.4 is 5.76 Å². The van der Waals surface area contributed by atoms with Crippen molar-refractivity contribution in [2.24, 2.45) is 10.2 Å². The summed E-state index contributed by atoms with van der Waals surface area (Å²) in [5.74, 6) is 2.69. The first-order chi connectivity index (χ1) is 11.1. The maximum Gasteiger partial charge on any atom is 0.434 e. The summed E-state index contributed by atoms with van der Waals surface area (Å²) in [5, 5.41) is 14.2. The van der Waals surface area contributed by atoms with Gasteiger partial charge in [-0.2, -0.15) is 10.2 Å². The predicted molar refractivity (Wildman–Crippen MR) is 80.6 cm³/mol. The monoisotopic (exact) mass is 317 g/mol. The lowest BCUT2D eigenvalue weighted by atomic mass is 9.96. The summed E-state index contributed by atoms with van der Waals surface area (Å²) >= 11 is 0. The summed E-state index contributed by atoms with van der Waals surface area (Å²) in [6.07, 6.45) is 9.15. The molecule has 0 bridgehead atoms. The Morgan fingerprint density at radius 3 is 2.70 bits per heavy atom. The first-order valence-corrected chi connectivity index (χ1v) is 7.83. The summed E-state index contributed by atoms with van der Waals surface area (Å²) in [7, 11) is 0. The highest BCUT2D eigenvalue weighted by atomic mass is 16.4. The molecule has 2 aliphatic heterocycles. The standard InChI is InChI=1S/C15H19N5O3/c1-2-3-7-15(18-19-15)8-4-12(21)20-9-5-11(6-10-20)13-16-17-14(22)23-13/h1,11H,3-10H2,(H,17,22). The smallest absolute Gasteiger partial charge is 0.392 e. The molecule has 1 N–H and O–H groups in total. The number of hydrogen-bond acceptors (Lipinski definition) is 6. The number of carbonyl (C=O) groups is 1. The molecular weight excluding hydrogens is 298 g/mol. The molecule has 0 aliphatic carbocycles. The summed E-state index contributed by atoms with van der Waals surface area (Å²) in [6, 6.07) is 0. The van der Waals surface area contributed by atoms with E-state index in [-0.39, 0.29) is 11.8 Å². The van der Waals surface area contributed by atoms with Gasteiger partial charge in [0, 0.05) is 44.7 Å². The Morgan fingerprint density at radius 2 is 2.13 bits per heavy atom. The number of piperidine rings is 1. The molecule has 8 heteroatoms. The van der Waals surface area contributed by atoms with Crippen LogP contribution >= 0.6 is 0 Å². The Morgan fingerprint density at radius 1 is 1.39 bits per heavy atom. The van der Waals surface area contributed by atoms with Gasteiger partial charge in [0.05, 0.1) is 0 Å². The molecule has 0 saturated carbocycles. The highest BCUT2D eigenvalue weighted by molar-refractivity contribution is 5.76. The van der Waals surface area contributed by atoms with Crippen LogP contribution in [0.15, 0.2) is 19.4 Å². The van der Waals surface area contributed by atoms with Crippen molar-refractivity contribution >= 4 is 5.91 Å². The number of likely N-dealkylation sites (tertiary alicyclic amines) is 1. The Bertz CT molecular complexity index is 684. The molecule has 1 fully saturated rings. The fraction of sp³-hybridized carbons (Fsp3) is 0.667. The number of rotatable bonds is 6. The molecule has 23 heavy (non-hydrogen) atoms. The molecule has 1 aromatic heterocycles. The van der Waals surface area contributed by atoms with Crippen molar-refractivity contribution < 1.29 is 9.21 Å². The molecule has 0 atom stereocenters. The molecule has 2 aliphatic rings. The third kappa shape index (κ3) is 3.67. The van der Waals surface area contributed by atoms with E-state index in [1.807, 2.05) is 4.90 Å². The van der Waals surface area contributed by atoms with Crippen molar-refractivity contribution in [1.29, 1.82) is 0 Å². The summed E-state index contributed by atoms with van der Waals surface area (Å²) < 4.78 is 4.99. The van der Waals surface area contributed by atoms with E-state index < -0.39 is 11.4 Å². The van der Waals surface area contributed by atoms with Crippen molar-refractivity contribution in [3.8, 4) is 12.3 Å². The van der Waals surface area contributed by atoms with Gasteiger partial charge in [-0.05, 0) is 12.8 Å². The molecule has 0 radical (unpaired) electrons. The van der Waals surface area contributed by atoms with E-state index in [1.54, 1.807) is 0 Å². The van der Waals surface area contributed by atoms with Gasteiger partial charge < -0.3 is 9.32 Å². The molecule has 8 nitrogen and oxygen atoms in total. The van der Waals surface area contributed by atoms with Gasteiger partial charge in [0.1, 0.15) is 0 Å². The van der Waals surface area contributed by atoms with Gasteiger partial charge in [-0.1, -0.05) is 0 Å². The Balaban J connectivity index is 1.43. The van der Waals surface area contributed by atoms with E-state index >= 15 is 0 Å². The quantitative estimate of drug-likeness (QED) is 0.801. The number of nitrogens with one attached hydrogen (secondary N) is 1. The molecule has 3 rings (SSSR count). The van der Waals surface area contributed by atoms with Gasteiger partial charge in [0.15, 0.2) is 5.66 Å². The largest absolute Gasteiger partial charge is 0.434 e. The Kier molecular flexibility index (Phi) is 4.28. The number of terminal acetylenes is 1. The summed E-state index contributed by atoms with van der Waals surface area (Å²) in [5.41, 5.74) is -0.404. The van der Waals surface area contributed by atoms with E-state index in [1.165, 1.54) is 0 Å². The predicted octanol–water partition coefficient (Wildman–Crippen LogP) is 1.42. The van der Waals surface area contributed by atoms with Crippen molar-refractivity contribution in [3.05, 3.63) is 16.4 Å². The fourth-order valence-corrected chi connectivity index (χ4v) is 2.93. The number of H-pyrrole nitrogens is 1. The van der Waals surface area contributed by atoms with Crippen LogP contribution in [0.1, 0.15) is 50.3 Å². The minimum absolute atomic E-state index is 0.0911. The Labute approximate surface area is 133 Å². The highest BCUT2D eigenvalue weighted by Crippen LogP contribution is 2.38. The van der Waals surface area contributed by atoms with Crippen LogP contribution in [0.3, 0.4) is 0 Å². The van der Waals surface area contributed by atoms with Gasteiger partial charge in [-0.15, -0.1) is 17.4 Å². The number of nitrogens with zero attached hydrogens (tertiary/aromatic N) is 4. The van der Waals surface area contributed by atoms with Crippen LogP contribution in [-0.4, -0.2) is 39.8 Å². The average molecular weight is 317 g/mol. The van der Waals surface area contributed by atoms with E-state index in [4.69, 9.17) is 10.8 Å². The lowest BCUT2D eigenvalue weighted by Gasteiger charge is -2.30. The van der Waals surface area contributed by atoms with Crippen molar-refractivity contribution in [2.45, 2.75) is 50.1 Å². The third-order valence-corrected chi connectivity index (χ3v) is 4.44. The normalized spacial score (nSPS) is 19.5. The molecular formula is C15H19N5O3. The zero-order chi connectivity index (χ0) is 16.3. The molecule has 0 unspecified atom stereocenters. The molecule has 122 valence electrons. The van der Waals surface area contributed by atoms with Gasteiger partial charge in [-0.3, -0.25) is 4.79 Å². The highest BCUT2D eigenvalue weighted by Gasteiger charge is 2.39. The van der Waals surface area contributed by atoms with Crippen LogP contribution in [-0.2, 0) is 4.79 Å². The second-order valence-corrected chi connectivity index (χ2v) is 5.99. The lowest BCUT2D eigenvalue weighted by Crippen LogP contribution is -2.38. The minimum Gasteiger partial charge on any atom is -0.392 e. The van der Waals surface area contributed by atoms with E-state index in [9.17, 15) is 9.59 Å². The molecule has 1 amide bonds. The van der Waals surface area contributed by atoms with Crippen LogP contribution in [0.5, 0.6) is 0 Å². The number of aromatic amines is 1. The molecule has 0 spiro atoms. The topological polar surface area (TPSA) is 104 Å². The maximum absolute atomic E-state index is 12.3. The van der Waals surface area contributed by atoms with E-state index in [2.05, 4.69) is 26.3 Å². The lowest BCUT2D eigenvalue weighted by molar-refractivity contribution is -0.132. The van der Waals surface area contributed by atoms with Crippen molar-refractivity contribution in [2.75, 3.05) is 13.1 Å². The molecule has 1 saturated heterocycles. The number of amides is 1. The van der Waals surface area contributed by atoms with Crippen LogP contribution in [0, 0.1) is 12.3 Å². The van der Waals surface area contributed by atoms with Crippen LogP contribution in [0.4, 0.5) is 0 Å². The zero-order valence-corrected chi connectivity index (χ0v) is 12.8. The number of carbonyl (C=O) groups excluding carboxylic acids is 1. The number of aromatic nitrogens is 2. The molecule has 0 aromatic carbocycles. The van der Waals surface area contributed by atoms with Gasteiger partial charge >= 0.3 is 5.76 Å². The number of hydrogen-bond donors (Lipinski definition) is 1. The van der Waals surface area contributed by atoms with Gasteiger partial charge in [0.25, 0.3) is 0 Å². The summed E-state index contributed by atoms with van der Waals surface area (Å²) in [6.45, 7) is 1.29. The maximum atomic E-state index is 12.3. The zero-order valence-electron chi connectivity index (χ0n) is 12.8. The van der Waals surface area contributed by atoms with Crippen LogP contribution in [0.25, 0.3) is 0 Å². The first-order valence-electron chi connectivity index (χ1n) is 7.83. The average Bonchev–Trinajstić information content (AvgIpc) is 3.22. The van der Waals surface area contributed by atoms with Crippen molar-refractivity contribution in [3.63, 3.8) is 0 Å². The molecule has 1 aromatic rings. The van der Waals surface area contributed by atoms with Gasteiger partial charge in [-0.25, -0.2) is 9.89 Å². The second-order valence-electron chi connectivity index (χ2n) is 5.99. The molecule has 3 heterocycles. The van der Waals surface area contributed by atoms with Crippen LogP contribution in [0.2, 0.25) is 0 Å². The Hall–Kier alpha value is -2.43.